The third-order valence-corrected chi connectivity index (χ3v) is 5.14. The minimum Gasteiger partial charge on any atom is -0.402 e. The van der Waals surface area contributed by atoms with Crippen molar-refractivity contribution in [3.63, 3.8) is 0 Å². The number of aromatic nitrogens is 3. The maximum absolute atomic E-state index is 12.4. The van der Waals surface area contributed by atoms with Crippen LogP contribution in [0.2, 0.25) is 0 Å². The van der Waals surface area contributed by atoms with E-state index in [9.17, 15) is 4.79 Å². The van der Waals surface area contributed by atoms with E-state index >= 15 is 0 Å². The topological polar surface area (TPSA) is 121 Å². The van der Waals surface area contributed by atoms with E-state index in [0.29, 0.717) is 17.3 Å². The number of rotatable bonds is 7. The van der Waals surface area contributed by atoms with Crippen LogP contribution < -0.4 is 11.1 Å². The van der Waals surface area contributed by atoms with Gasteiger partial charge in [0.1, 0.15) is 17.2 Å². The first-order valence-electron chi connectivity index (χ1n) is 9.66. The monoisotopic (exact) mass is 388 g/mol. The second kappa shape index (κ2) is 7.50. The van der Waals surface area contributed by atoms with Crippen LogP contribution >= 0.6 is 0 Å². The summed E-state index contributed by atoms with van der Waals surface area (Å²) in [6, 6.07) is 8.49. The fourth-order valence-corrected chi connectivity index (χ4v) is 3.11. The maximum Gasteiger partial charge on any atom is 0.185 e. The number of nitrogens with two attached hydrogens (primary N) is 1. The molecule has 3 aromatic rings. The Morgan fingerprint density at radius 2 is 2.07 bits per heavy atom. The Morgan fingerprint density at radius 1 is 1.28 bits per heavy atom. The lowest BCUT2D eigenvalue weighted by Gasteiger charge is -2.05. The zero-order chi connectivity index (χ0) is 20.5. The summed E-state index contributed by atoms with van der Waals surface area (Å²) in [5.74, 6) is 0.606. The van der Waals surface area contributed by atoms with Crippen LogP contribution in [0.15, 0.2) is 47.9 Å². The smallest absolute Gasteiger partial charge is 0.185 e. The Morgan fingerprint density at radius 3 is 2.79 bits per heavy atom. The van der Waals surface area contributed by atoms with Gasteiger partial charge >= 0.3 is 0 Å². The molecule has 7 heteroatoms. The Balaban J connectivity index is 1.56. The second-order valence-corrected chi connectivity index (χ2v) is 7.60. The van der Waals surface area contributed by atoms with E-state index in [-0.39, 0.29) is 17.9 Å². The number of carbonyl (C=O) groups excluding carboxylic acids is 1. The van der Waals surface area contributed by atoms with Gasteiger partial charge in [-0.05, 0) is 62.1 Å². The van der Waals surface area contributed by atoms with E-state index in [1.807, 2.05) is 24.3 Å². The number of nitrogens with one attached hydrogen (secondary N) is 3. The minimum absolute atomic E-state index is 0.0488. The average molecular weight is 388 g/mol. The number of pyridine rings is 2. The highest BCUT2D eigenvalue weighted by atomic mass is 16.1. The number of allylic oxidation sites excluding steroid dienone is 2. The molecule has 0 amide bonds. The van der Waals surface area contributed by atoms with Crippen molar-refractivity contribution in [3.05, 3.63) is 53.5 Å². The van der Waals surface area contributed by atoms with Crippen LogP contribution in [0.3, 0.4) is 0 Å². The standard InChI is InChI=1S/C22H24N6O/c1-12(13(2)23)21(24)19(29)8-14-7-16-9-18(28-22(16)26-11-14)15-5-6-25-20(10-15)27-17-3-4-17/h5-7,9-11,17,24H,3-4,8,23H2,1-2H3,(H,25,27)(H,26,28)/b13-12-,24-21?. The third kappa shape index (κ3) is 4.18. The SMILES string of the molecule is C/C(N)=C(\C)C(=N)C(=O)Cc1cnc2[nH]c(-c3ccnc(NC4CC4)c3)cc2c1. The average Bonchev–Trinajstić information content (AvgIpc) is 3.41. The van der Waals surface area contributed by atoms with Gasteiger partial charge in [0.25, 0.3) is 0 Å². The Hall–Kier alpha value is -3.48. The molecular formula is C22H24N6O. The predicted octanol–water partition coefficient (Wildman–Crippen LogP) is 3.58. The molecule has 0 unspecified atom stereocenters. The van der Waals surface area contributed by atoms with Gasteiger partial charge in [0.05, 0.1) is 0 Å². The van der Waals surface area contributed by atoms with Crippen molar-refractivity contribution in [2.24, 2.45) is 5.73 Å². The number of hydrogen-bond acceptors (Lipinski definition) is 6. The Bertz CT molecular complexity index is 1140. The van der Waals surface area contributed by atoms with Gasteiger partial charge in [0.2, 0.25) is 0 Å². The summed E-state index contributed by atoms with van der Waals surface area (Å²) in [5.41, 5.74) is 10.2. The van der Waals surface area contributed by atoms with Crippen LogP contribution in [0.1, 0.15) is 32.3 Å². The molecule has 0 saturated heterocycles. The molecule has 0 radical (unpaired) electrons. The fraction of sp³-hybridized carbons (Fsp3) is 0.273. The van der Waals surface area contributed by atoms with Gasteiger partial charge < -0.3 is 16.0 Å². The Kier molecular flexibility index (Phi) is 4.88. The van der Waals surface area contributed by atoms with E-state index in [4.69, 9.17) is 11.1 Å². The molecule has 1 aliphatic carbocycles. The zero-order valence-corrected chi connectivity index (χ0v) is 16.5. The first-order chi connectivity index (χ1) is 13.9. The second-order valence-electron chi connectivity index (χ2n) is 7.60. The fourth-order valence-electron chi connectivity index (χ4n) is 3.11. The van der Waals surface area contributed by atoms with E-state index < -0.39 is 0 Å². The molecule has 5 N–H and O–H groups in total. The van der Waals surface area contributed by atoms with E-state index in [2.05, 4.69) is 20.3 Å². The van der Waals surface area contributed by atoms with Gasteiger partial charge in [-0.15, -0.1) is 0 Å². The summed E-state index contributed by atoms with van der Waals surface area (Å²) in [5, 5.41) is 12.3. The lowest BCUT2D eigenvalue weighted by molar-refractivity contribution is -0.112. The molecule has 29 heavy (non-hydrogen) atoms. The van der Waals surface area contributed by atoms with Crippen LogP contribution in [0.25, 0.3) is 22.3 Å². The summed E-state index contributed by atoms with van der Waals surface area (Å²) in [6.45, 7) is 3.38. The largest absolute Gasteiger partial charge is 0.402 e. The number of anilines is 1. The van der Waals surface area contributed by atoms with Crippen molar-refractivity contribution < 1.29 is 4.79 Å². The molecule has 1 aliphatic rings. The molecule has 3 heterocycles. The Labute approximate surface area is 169 Å². The van der Waals surface area contributed by atoms with Crippen molar-refractivity contribution in [1.29, 1.82) is 5.41 Å². The number of ketones is 1. The molecule has 3 aromatic heterocycles. The highest BCUT2D eigenvalue weighted by molar-refractivity contribution is 6.45. The van der Waals surface area contributed by atoms with Crippen molar-refractivity contribution in [2.75, 3.05) is 5.32 Å². The highest BCUT2D eigenvalue weighted by Gasteiger charge is 2.21. The van der Waals surface area contributed by atoms with Crippen LogP contribution in [0.5, 0.6) is 0 Å². The molecule has 1 saturated carbocycles. The highest BCUT2D eigenvalue weighted by Crippen LogP contribution is 2.28. The first-order valence-corrected chi connectivity index (χ1v) is 9.66. The quantitative estimate of drug-likeness (QED) is 0.461. The van der Waals surface area contributed by atoms with Gasteiger partial charge in [0.15, 0.2) is 5.78 Å². The van der Waals surface area contributed by atoms with E-state index in [1.54, 1.807) is 26.2 Å². The van der Waals surface area contributed by atoms with Crippen LogP contribution in [0.4, 0.5) is 5.82 Å². The minimum atomic E-state index is -0.269. The summed E-state index contributed by atoms with van der Waals surface area (Å²) in [6.07, 6.45) is 5.99. The molecule has 0 atom stereocenters. The predicted molar refractivity (Wildman–Crippen MR) is 115 cm³/mol. The number of nitrogens with zero attached hydrogens (tertiary/aromatic N) is 2. The molecule has 1 fully saturated rings. The van der Waals surface area contributed by atoms with Crippen molar-refractivity contribution in [3.8, 4) is 11.3 Å². The molecular weight excluding hydrogens is 364 g/mol. The molecule has 7 nitrogen and oxygen atoms in total. The summed E-state index contributed by atoms with van der Waals surface area (Å²) in [4.78, 5) is 24.5. The first kappa shape index (κ1) is 18.9. The maximum atomic E-state index is 12.4. The summed E-state index contributed by atoms with van der Waals surface area (Å²) < 4.78 is 0. The summed E-state index contributed by atoms with van der Waals surface area (Å²) in [7, 11) is 0. The number of Topliss-reactive ketones (excluding diaryl/α,β-unsaturated/α-hetero) is 1. The van der Waals surface area contributed by atoms with Crippen LogP contribution in [0, 0.1) is 5.41 Å². The molecule has 4 rings (SSSR count). The molecule has 148 valence electrons. The summed E-state index contributed by atoms with van der Waals surface area (Å²) >= 11 is 0. The van der Waals surface area contributed by atoms with E-state index in [1.165, 1.54) is 12.8 Å². The van der Waals surface area contributed by atoms with Crippen molar-refractivity contribution in [2.45, 2.75) is 39.2 Å². The lowest BCUT2D eigenvalue weighted by Crippen LogP contribution is -2.19. The number of fused-ring (bicyclic) bond motifs is 1. The number of H-pyrrole nitrogens is 1. The normalized spacial score (nSPS) is 14.6. The van der Waals surface area contributed by atoms with Crippen LogP contribution in [-0.2, 0) is 11.2 Å². The van der Waals surface area contributed by atoms with E-state index in [0.717, 1.165) is 33.7 Å². The van der Waals surface area contributed by atoms with Crippen molar-refractivity contribution in [1.82, 2.24) is 15.0 Å². The molecule has 0 spiro atoms. The molecule has 0 aromatic carbocycles. The number of aromatic amines is 1. The van der Waals surface area contributed by atoms with Crippen LogP contribution in [-0.4, -0.2) is 32.5 Å². The lowest BCUT2D eigenvalue weighted by atomic mass is 10.0. The van der Waals surface area contributed by atoms with Crippen molar-refractivity contribution >= 4 is 28.3 Å². The molecule has 0 aliphatic heterocycles. The number of hydrogen-bond donors (Lipinski definition) is 4. The zero-order valence-electron chi connectivity index (χ0n) is 16.5. The third-order valence-electron chi connectivity index (χ3n) is 5.14. The van der Waals surface area contributed by atoms with Gasteiger partial charge in [-0.25, -0.2) is 9.97 Å². The van der Waals surface area contributed by atoms with Gasteiger partial charge in [0, 0.05) is 47.2 Å². The van der Waals surface area contributed by atoms with Gasteiger partial charge in [-0.2, -0.15) is 0 Å². The van der Waals surface area contributed by atoms with Gasteiger partial charge in [-0.3, -0.25) is 10.2 Å². The molecule has 0 bridgehead atoms. The number of carbonyl (C=O) groups is 1. The van der Waals surface area contributed by atoms with Gasteiger partial charge in [-0.1, -0.05) is 0 Å².